The first-order valence-electron chi connectivity index (χ1n) is 12.4. The van der Waals surface area contributed by atoms with Crippen molar-refractivity contribution in [2.24, 2.45) is 0 Å². The van der Waals surface area contributed by atoms with Crippen molar-refractivity contribution in [2.45, 2.75) is 10.9 Å². The maximum atomic E-state index is 4.27. The molecule has 0 unspecified atom stereocenters. The SMILES string of the molecule is BrCc1ccccc1-c1ccccc1.c1ccc(C(c2ccccc2)(c2ccccc2)n2cnnn2)cc1. The Morgan fingerprint density at radius 3 is 1.45 bits per heavy atom. The highest BCUT2D eigenvalue weighted by molar-refractivity contribution is 9.08. The van der Waals surface area contributed by atoms with Crippen LogP contribution in [-0.2, 0) is 10.9 Å². The summed E-state index contributed by atoms with van der Waals surface area (Å²) >= 11 is 3.51. The zero-order valence-corrected chi connectivity index (χ0v) is 22.4. The molecule has 5 heteroatoms. The fourth-order valence-electron chi connectivity index (χ4n) is 4.79. The van der Waals surface area contributed by atoms with Gasteiger partial charge in [0.2, 0.25) is 0 Å². The summed E-state index contributed by atoms with van der Waals surface area (Å²) in [6.07, 6.45) is 1.67. The molecule has 0 atom stereocenters. The predicted octanol–water partition coefficient (Wildman–Crippen LogP) is 7.76. The lowest BCUT2D eigenvalue weighted by atomic mass is 9.77. The van der Waals surface area contributed by atoms with Crippen LogP contribution in [0.25, 0.3) is 11.1 Å². The minimum Gasteiger partial charge on any atom is -0.213 e. The standard InChI is InChI=1S/C20H16N4.C13H11Br/c1-4-10-17(11-5-1)20(24-16-21-22-23-24,18-12-6-2-7-13-18)19-14-8-3-9-15-19;14-10-12-8-4-5-9-13(12)11-6-2-1-3-7-11/h1-16H;1-9H,10H2. The molecule has 38 heavy (non-hydrogen) atoms. The summed E-state index contributed by atoms with van der Waals surface area (Å²) in [4.78, 5) is 0. The number of benzene rings is 5. The largest absolute Gasteiger partial charge is 0.213 e. The van der Waals surface area contributed by atoms with E-state index in [0.29, 0.717) is 0 Å². The number of tetrazole rings is 1. The molecule has 0 saturated heterocycles. The summed E-state index contributed by atoms with van der Waals surface area (Å²) in [6, 6.07) is 49.9. The van der Waals surface area contributed by atoms with Crippen molar-refractivity contribution in [3.63, 3.8) is 0 Å². The maximum Gasteiger partial charge on any atom is 0.141 e. The van der Waals surface area contributed by atoms with E-state index >= 15 is 0 Å². The topological polar surface area (TPSA) is 43.6 Å². The van der Waals surface area contributed by atoms with Gasteiger partial charge in [-0.1, -0.05) is 162 Å². The third kappa shape index (κ3) is 5.20. The monoisotopic (exact) mass is 558 g/mol. The van der Waals surface area contributed by atoms with Crippen LogP contribution in [0.1, 0.15) is 22.3 Å². The maximum absolute atomic E-state index is 4.27. The Bertz CT molecular complexity index is 1430. The Hall–Kier alpha value is -4.35. The van der Waals surface area contributed by atoms with Crippen LogP contribution in [0.2, 0.25) is 0 Å². The Balaban J connectivity index is 0.000000179. The molecule has 1 aromatic heterocycles. The van der Waals surface area contributed by atoms with Crippen molar-refractivity contribution < 1.29 is 0 Å². The van der Waals surface area contributed by atoms with Gasteiger partial charge < -0.3 is 0 Å². The van der Waals surface area contributed by atoms with E-state index in [1.807, 2.05) is 65.3 Å². The highest BCUT2D eigenvalue weighted by Crippen LogP contribution is 2.39. The molecule has 0 spiro atoms. The molecule has 1 heterocycles. The average molecular weight is 560 g/mol. The van der Waals surface area contributed by atoms with Crippen molar-refractivity contribution in [3.8, 4) is 11.1 Å². The van der Waals surface area contributed by atoms with E-state index in [1.54, 1.807) is 6.33 Å². The molecular formula is C33H27BrN4. The summed E-state index contributed by atoms with van der Waals surface area (Å²) < 4.78 is 1.83. The molecule has 0 saturated carbocycles. The second-order valence-electron chi connectivity index (χ2n) is 8.72. The van der Waals surface area contributed by atoms with Gasteiger partial charge in [0.05, 0.1) is 0 Å². The van der Waals surface area contributed by atoms with E-state index in [2.05, 4.69) is 116 Å². The Labute approximate surface area is 231 Å². The second-order valence-corrected chi connectivity index (χ2v) is 9.28. The summed E-state index contributed by atoms with van der Waals surface area (Å²) in [5.74, 6) is 0. The molecule has 186 valence electrons. The molecular weight excluding hydrogens is 532 g/mol. The van der Waals surface area contributed by atoms with Gasteiger partial charge in [0.15, 0.2) is 0 Å². The van der Waals surface area contributed by atoms with Gasteiger partial charge in [-0.15, -0.1) is 5.10 Å². The number of aromatic nitrogens is 4. The van der Waals surface area contributed by atoms with E-state index in [-0.39, 0.29) is 0 Å². The van der Waals surface area contributed by atoms with Gasteiger partial charge in [0.1, 0.15) is 11.9 Å². The van der Waals surface area contributed by atoms with Crippen LogP contribution in [0.3, 0.4) is 0 Å². The first-order valence-corrected chi connectivity index (χ1v) is 13.6. The predicted molar refractivity (Wildman–Crippen MR) is 157 cm³/mol. The van der Waals surface area contributed by atoms with Gasteiger partial charge >= 0.3 is 0 Å². The molecule has 0 amide bonds. The van der Waals surface area contributed by atoms with Crippen LogP contribution >= 0.6 is 15.9 Å². The molecule has 0 bridgehead atoms. The third-order valence-electron chi connectivity index (χ3n) is 6.51. The smallest absolute Gasteiger partial charge is 0.141 e. The van der Waals surface area contributed by atoms with E-state index in [4.69, 9.17) is 0 Å². The second kappa shape index (κ2) is 12.3. The van der Waals surface area contributed by atoms with Crippen LogP contribution in [0.4, 0.5) is 0 Å². The molecule has 0 radical (unpaired) electrons. The Kier molecular flexibility index (Phi) is 8.16. The molecule has 6 rings (SSSR count). The third-order valence-corrected chi connectivity index (χ3v) is 7.12. The number of nitrogens with zero attached hydrogens (tertiary/aromatic N) is 4. The highest BCUT2D eigenvalue weighted by Gasteiger charge is 2.39. The highest BCUT2D eigenvalue weighted by atomic mass is 79.9. The quantitative estimate of drug-likeness (QED) is 0.155. The molecule has 0 aliphatic carbocycles. The van der Waals surface area contributed by atoms with E-state index in [1.165, 1.54) is 16.7 Å². The zero-order valence-electron chi connectivity index (χ0n) is 20.8. The van der Waals surface area contributed by atoms with Gasteiger partial charge in [0.25, 0.3) is 0 Å². The number of alkyl halides is 1. The number of hydrogen-bond acceptors (Lipinski definition) is 3. The summed E-state index contributed by atoms with van der Waals surface area (Å²) in [6.45, 7) is 0. The summed E-state index contributed by atoms with van der Waals surface area (Å²) in [7, 11) is 0. The number of halogens is 1. The van der Waals surface area contributed by atoms with Crippen LogP contribution in [0.15, 0.2) is 152 Å². The molecule has 0 fully saturated rings. The van der Waals surface area contributed by atoms with Gasteiger partial charge in [-0.25, -0.2) is 4.68 Å². The van der Waals surface area contributed by atoms with Crippen molar-refractivity contribution >= 4 is 15.9 Å². The van der Waals surface area contributed by atoms with Gasteiger partial charge in [-0.3, -0.25) is 0 Å². The van der Waals surface area contributed by atoms with Gasteiger partial charge in [-0.2, -0.15) is 0 Å². The zero-order chi connectivity index (χ0) is 26.0. The molecule has 0 aliphatic rings. The van der Waals surface area contributed by atoms with Crippen molar-refractivity contribution in [2.75, 3.05) is 0 Å². The fraction of sp³-hybridized carbons (Fsp3) is 0.0606. The van der Waals surface area contributed by atoms with Crippen LogP contribution in [0, 0.1) is 0 Å². The summed E-state index contributed by atoms with van der Waals surface area (Å²) in [5, 5.41) is 13.0. The first-order chi connectivity index (χ1) is 18.8. The molecule has 4 nitrogen and oxygen atoms in total. The minimum absolute atomic E-state index is 0.618. The van der Waals surface area contributed by atoms with Crippen LogP contribution in [-0.4, -0.2) is 20.2 Å². The minimum atomic E-state index is -0.618. The van der Waals surface area contributed by atoms with Gasteiger partial charge in [-0.05, 0) is 43.8 Å². The number of hydrogen-bond donors (Lipinski definition) is 0. The van der Waals surface area contributed by atoms with Crippen LogP contribution < -0.4 is 0 Å². The Morgan fingerprint density at radius 2 is 1.00 bits per heavy atom. The number of rotatable bonds is 6. The first kappa shape index (κ1) is 25.3. The summed E-state index contributed by atoms with van der Waals surface area (Å²) in [5.41, 5.74) is 6.62. The van der Waals surface area contributed by atoms with E-state index < -0.39 is 5.54 Å². The lowest BCUT2D eigenvalue weighted by Gasteiger charge is -2.35. The lowest BCUT2D eigenvalue weighted by Crippen LogP contribution is -2.38. The Morgan fingerprint density at radius 1 is 0.553 bits per heavy atom. The van der Waals surface area contributed by atoms with Crippen molar-refractivity contribution in [1.29, 1.82) is 0 Å². The van der Waals surface area contributed by atoms with Gasteiger partial charge in [0, 0.05) is 5.33 Å². The molecule has 0 aliphatic heterocycles. The van der Waals surface area contributed by atoms with Crippen molar-refractivity contribution in [3.05, 3.63) is 174 Å². The van der Waals surface area contributed by atoms with Crippen LogP contribution in [0.5, 0.6) is 0 Å². The van der Waals surface area contributed by atoms with E-state index in [0.717, 1.165) is 22.0 Å². The average Bonchev–Trinajstić information content (AvgIpc) is 3.55. The molecule has 6 aromatic rings. The molecule has 5 aromatic carbocycles. The van der Waals surface area contributed by atoms with Crippen molar-refractivity contribution in [1.82, 2.24) is 20.2 Å². The fourth-order valence-corrected chi connectivity index (χ4v) is 5.27. The normalized spacial score (nSPS) is 10.9. The molecule has 0 N–H and O–H groups in total. The lowest BCUT2D eigenvalue weighted by molar-refractivity contribution is 0.446. The van der Waals surface area contributed by atoms with E-state index in [9.17, 15) is 0 Å².